The Labute approximate surface area is 127 Å². The van der Waals surface area contributed by atoms with E-state index in [0.717, 1.165) is 12.0 Å². The van der Waals surface area contributed by atoms with E-state index >= 15 is 0 Å². The van der Waals surface area contributed by atoms with Crippen molar-refractivity contribution in [3.05, 3.63) is 51.7 Å². The number of amides is 1. The number of aryl methyl sites for hydroxylation is 2. The average Bonchev–Trinajstić information content (AvgIpc) is 3.00. The number of benzene rings is 1. The predicted octanol–water partition coefficient (Wildman–Crippen LogP) is 3.41. The van der Waals surface area contributed by atoms with Crippen LogP contribution >= 0.6 is 11.3 Å². The van der Waals surface area contributed by atoms with Crippen LogP contribution in [0.25, 0.3) is 0 Å². The van der Waals surface area contributed by atoms with Gasteiger partial charge in [0.15, 0.2) is 0 Å². The summed E-state index contributed by atoms with van der Waals surface area (Å²) in [5, 5.41) is 4.85. The molecule has 0 fully saturated rings. The quantitative estimate of drug-likeness (QED) is 0.861. The van der Waals surface area contributed by atoms with Crippen LogP contribution in [0.5, 0.6) is 0 Å². The topological polar surface area (TPSA) is 55.4 Å². The molecule has 1 amide bonds. The smallest absolute Gasteiger partial charge is 0.337 e. The van der Waals surface area contributed by atoms with Crippen molar-refractivity contribution < 1.29 is 14.3 Å². The molecule has 0 bridgehead atoms. The van der Waals surface area contributed by atoms with E-state index in [2.05, 4.69) is 10.1 Å². The van der Waals surface area contributed by atoms with Gasteiger partial charge in [-0.1, -0.05) is 12.1 Å². The fourth-order valence-electron chi connectivity index (χ4n) is 1.91. The number of nitrogens with one attached hydrogen (secondary N) is 1. The number of anilines is 1. The number of rotatable bonds is 5. The van der Waals surface area contributed by atoms with Crippen molar-refractivity contribution in [3.8, 4) is 0 Å². The molecule has 110 valence electrons. The van der Waals surface area contributed by atoms with E-state index in [0.29, 0.717) is 17.7 Å². The van der Waals surface area contributed by atoms with Gasteiger partial charge in [-0.3, -0.25) is 4.79 Å². The Morgan fingerprint density at radius 1 is 1.29 bits per heavy atom. The van der Waals surface area contributed by atoms with Crippen molar-refractivity contribution >= 4 is 28.9 Å². The van der Waals surface area contributed by atoms with E-state index in [4.69, 9.17) is 0 Å². The highest BCUT2D eigenvalue weighted by molar-refractivity contribution is 7.09. The van der Waals surface area contributed by atoms with Crippen LogP contribution in [-0.4, -0.2) is 19.0 Å². The van der Waals surface area contributed by atoms with E-state index in [9.17, 15) is 9.59 Å². The number of esters is 1. The lowest BCUT2D eigenvalue weighted by Crippen LogP contribution is -2.14. The number of thiophene rings is 1. The van der Waals surface area contributed by atoms with E-state index in [1.807, 2.05) is 24.4 Å². The molecule has 2 aromatic rings. The SMILES string of the molecule is COC(=O)c1ccc(C)c(NC(=O)CCc2cccs2)c1. The fourth-order valence-corrected chi connectivity index (χ4v) is 2.61. The van der Waals surface area contributed by atoms with Crippen LogP contribution in [0.15, 0.2) is 35.7 Å². The second kappa shape index (κ2) is 7.04. The molecule has 0 saturated carbocycles. The van der Waals surface area contributed by atoms with Gasteiger partial charge in [0.05, 0.1) is 12.7 Å². The summed E-state index contributed by atoms with van der Waals surface area (Å²) in [6.45, 7) is 1.88. The predicted molar refractivity (Wildman–Crippen MR) is 83.8 cm³/mol. The first-order valence-corrected chi connectivity index (χ1v) is 7.49. The highest BCUT2D eigenvalue weighted by Gasteiger charge is 2.10. The zero-order valence-corrected chi connectivity index (χ0v) is 12.8. The number of carbonyl (C=O) groups excluding carboxylic acids is 2. The zero-order chi connectivity index (χ0) is 15.2. The minimum atomic E-state index is -0.413. The van der Waals surface area contributed by atoms with Crippen LogP contribution < -0.4 is 5.32 Å². The highest BCUT2D eigenvalue weighted by atomic mass is 32.1. The Morgan fingerprint density at radius 2 is 2.10 bits per heavy atom. The summed E-state index contributed by atoms with van der Waals surface area (Å²) in [5.41, 5.74) is 1.98. The van der Waals surface area contributed by atoms with E-state index in [1.165, 1.54) is 12.0 Å². The Morgan fingerprint density at radius 3 is 2.76 bits per heavy atom. The summed E-state index contributed by atoms with van der Waals surface area (Å²) >= 11 is 1.64. The number of carbonyl (C=O) groups is 2. The maximum atomic E-state index is 12.0. The maximum absolute atomic E-state index is 12.0. The van der Waals surface area contributed by atoms with Gasteiger partial charge in [-0.25, -0.2) is 4.79 Å². The number of methoxy groups -OCH3 is 1. The second-order valence-electron chi connectivity index (χ2n) is 4.65. The molecule has 2 rings (SSSR count). The Kier molecular flexibility index (Phi) is 5.11. The summed E-state index contributed by atoms with van der Waals surface area (Å²) in [4.78, 5) is 24.7. The Hall–Kier alpha value is -2.14. The monoisotopic (exact) mass is 303 g/mol. The minimum Gasteiger partial charge on any atom is -0.465 e. The number of hydrogen-bond acceptors (Lipinski definition) is 4. The molecule has 0 saturated heterocycles. The van der Waals surface area contributed by atoms with Crippen LogP contribution in [0, 0.1) is 6.92 Å². The van der Waals surface area contributed by atoms with Gasteiger partial charge in [-0.15, -0.1) is 11.3 Å². The van der Waals surface area contributed by atoms with Crippen LogP contribution in [0.3, 0.4) is 0 Å². The molecule has 1 aromatic carbocycles. The molecule has 0 radical (unpaired) electrons. The van der Waals surface area contributed by atoms with Crippen molar-refractivity contribution in [1.82, 2.24) is 0 Å². The van der Waals surface area contributed by atoms with Gasteiger partial charge in [0.1, 0.15) is 0 Å². The third-order valence-electron chi connectivity index (χ3n) is 3.11. The standard InChI is InChI=1S/C16H17NO3S/c1-11-5-6-12(16(19)20-2)10-14(11)17-15(18)8-7-13-4-3-9-21-13/h3-6,9-10H,7-8H2,1-2H3,(H,17,18). The molecular weight excluding hydrogens is 286 g/mol. The van der Waals surface area contributed by atoms with Gasteiger partial charge in [0.2, 0.25) is 5.91 Å². The van der Waals surface area contributed by atoms with Crippen LogP contribution in [-0.2, 0) is 16.0 Å². The molecule has 4 nitrogen and oxygen atoms in total. The molecule has 0 aliphatic carbocycles. The lowest BCUT2D eigenvalue weighted by Gasteiger charge is -2.09. The van der Waals surface area contributed by atoms with E-state index < -0.39 is 5.97 Å². The highest BCUT2D eigenvalue weighted by Crippen LogP contribution is 2.18. The normalized spacial score (nSPS) is 10.2. The van der Waals surface area contributed by atoms with Crippen molar-refractivity contribution in [2.75, 3.05) is 12.4 Å². The molecule has 0 aliphatic rings. The van der Waals surface area contributed by atoms with E-state index in [-0.39, 0.29) is 5.91 Å². The number of hydrogen-bond donors (Lipinski definition) is 1. The molecule has 5 heteroatoms. The molecule has 0 unspecified atom stereocenters. The average molecular weight is 303 g/mol. The minimum absolute atomic E-state index is 0.0616. The fraction of sp³-hybridized carbons (Fsp3) is 0.250. The van der Waals surface area contributed by atoms with Crippen molar-refractivity contribution in [3.63, 3.8) is 0 Å². The van der Waals surface area contributed by atoms with Crippen molar-refractivity contribution in [1.29, 1.82) is 0 Å². The Bertz CT molecular complexity index is 635. The van der Waals surface area contributed by atoms with Crippen LogP contribution in [0.2, 0.25) is 0 Å². The van der Waals surface area contributed by atoms with Crippen LogP contribution in [0.4, 0.5) is 5.69 Å². The second-order valence-corrected chi connectivity index (χ2v) is 5.68. The van der Waals surface area contributed by atoms with Gasteiger partial charge in [-0.2, -0.15) is 0 Å². The molecule has 0 aliphatic heterocycles. The van der Waals surface area contributed by atoms with E-state index in [1.54, 1.807) is 29.5 Å². The molecule has 1 aromatic heterocycles. The lowest BCUT2D eigenvalue weighted by molar-refractivity contribution is -0.116. The maximum Gasteiger partial charge on any atom is 0.337 e. The Balaban J connectivity index is 2.01. The summed E-state index contributed by atoms with van der Waals surface area (Å²) in [6, 6.07) is 9.11. The van der Waals surface area contributed by atoms with Crippen LogP contribution in [0.1, 0.15) is 27.2 Å². The zero-order valence-electron chi connectivity index (χ0n) is 12.0. The van der Waals surface area contributed by atoms with Gasteiger partial charge in [-0.05, 0) is 42.5 Å². The first-order chi connectivity index (χ1) is 10.1. The van der Waals surface area contributed by atoms with Crippen molar-refractivity contribution in [2.45, 2.75) is 19.8 Å². The first kappa shape index (κ1) is 15.3. The van der Waals surface area contributed by atoms with Gasteiger partial charge in [0.25, 0.3) is 0 Å². The summed E-state index contributed by atoms with van der Waals surface area (Å²) in [5.74, 6) is -0.474. The summed E-state index contributed by atoms with van der Waals surface area (Å²) in [6.07, 6.45) is 1.14. The molecule has 21 heavy (non-hydrogen) atoms. The molecule has 0 atom stereocenters. The first-order valence-electron chi connectivity index (χ1n) is 6.61. The lowest BCUT2D eigenvalue weighted by atomic mass is 10.1. The third-order valence-corrected chi connectivity index (χ3v) is 4.05. The van der Waals surface area contributed by atoms with Gasteiger partial charge >= 0.3 is 5.97 Å². The molecule has 0 spiro atoms. The molecule has 1 heterocycles. The molecular formula is C16H17NO3S. The molecule has 1 N–H and O–H groups in total. The van der Waals surface area contributed by atoms with Gasteiger partial charge < -0.3 is 10.1 Å². The van der Waals surface area contributed by atoms with Crippen molar-refractivity contribution in [2.24, 2.45) is 0 Å². The van der Waals surface area contributed by atoms with Gasteiger partial charge in [0, 0.05) is 17.0 Å². The number of ether oxygens (including phenoxy) is 1. The summed E-state index contributed by atoms with van der Waals surface area (Å²) in [7, 11) is 1.33. The third kappa shape index (κ3) is 4.16. The largest absolute Gasteiger partial charge is 0.465 e. The summed E-state index contributed by atoms with van der Waals surface area (Å²) < 4.78 is 4.68.